The van der Waals surface area contributed by atoms with Crippen LogP contribution in [0.15, 0.2) is 67.4 Å². The monoisotopic (exact) mass is 483 g/mol. The van der Waals surface area contributed by atoms with Gasteiger partial charge in [0.1, 0.15) is 18.0 Å². The van der Waals surface area contributed by atoms with E-state index in [1.165, 1.54) is 12.4 Å². The van der Waals surface area contributed by atoms with E-state index in [9.17, 15) is 4.79 Å². The van der Waals surface area contributed by atoms with Crippen molar-refractivity contribution in [3.8, 4) is 22.4 Å². The third-order valence-corrected chi connectivity index (χ3v) is 6.40. The maximum atomic E-state index is 15.3. The molecule has 0 spiro atoms. The molecule has 4 aromatic rings. The smallest absolute Gasteiger partial charge is 0.256 e. The van der Waals surface area contributed by atoms with Crippen LogP contribution in [0.5, 0.6) is 0 Å². The average molecular weight is 484 g/mol. The molecule has 1 amide bonds. The van der Waals surface area contributed by atoms with Crippen molar-refractivity contribution in [1.82, 2.24) is 24.8 Å². The Morgan fingerprint density at radius 2 is 1.72 bits per heavy atom. The summed E-state index contributed by atoms with van der Waals surface area (Å²) in [5.41, 5.74) is 10.4. The van der Waals surface area contributed by atoms with E-state index in [1.54, 1.807) is 41.7 Å². The third kappa shape index (κ3) is 4.59. The van der Waals surface area contributed by atoms with Crippen LogP contribution in [0, 0.1) is 5.82 Å². The van der Waals surface area contributed by atoms with Gasteiger partial charge in [-0.1, -0.05) is 13.0 Å². The number of piperazine rings is 1. The summed E-state index contributed by atoms with van der Waals surface area (Å²) in [5.74, 6) is -0.480. The topological polar surface area (TPSA) is 101 Å². The summed E-state index contributed by atoms with van der Waals surface area (Å²) in [5, 5.41) is 0. The van der Waals surface area contributed by atoms with Gasteiger partial charge in [0.25, 0.3) is 5.91 Å². The molecule has 0 aliphatic carbocycles. The zero-order valence-electron chi connectivity index (χ0n) is 19.9. The number of benzene rings is 1. The Balaban J connectivity index is 1.39. The zero-order valence-corrected chi connectivity index (χ0v) is 19.9. The molecule has 2 N–H and O–H groups in total. The highest BCUT2D eigenvalue weighted by atomic mass is 19.1. The molecule has 1 fully saturated rings. The summed E-state index contributed by atoms with van der Waals surface area (Å²) < 4.78 is 15.3. The number of pyridine rings is 2. The molecule has 0 saturated carbocycles. The number of amides is 1. The van der Waals surface area contributed by atoms with Gasteiger partial charge in [-0.15, -0.1) is 0 Å². The second-order valence-electron chi connectivity index (χ2n) is 8.55. The van der Waals surface area contributed by atoms with Crippen LogP contribution in [0.4, 0.5) is 15.9 Å². The molecule has 1 aromatic carbocycles. The van der Waals surface area contributed by atoms with Crippen molar-refractivity contribution in [2.24, 2.45) is 0 Å². The van der Waals surface area contributed by atoms with Crippen molar-refractivity contribution >= 4 is 17.4 Å². The quantitative estimate of drug-likeness (QED) is 0.460. The van der Waals surface area contributed by atoms with Crippen molar-refractivity contribution in [1.29, 1.82) is 0 Å². The van der Waals surface area contributed by atoms with Crippen LogP contribution >= 0.6 is 0 Å². The van der Waals surface area contributed by atoms with Crippen molar-refractivity contribution < 1.29 is 9.18 Å². The van der Waals surface area contributed by atoms with Crippen molar-refractivity contribution in [2.45, 2.75) is 13.3 Å². The molecule has 0 atom stereocenters. The lowest BCUT2D eigenvalue weighted by Crippen LogP contribution is -2.49. The number of halogens is 1. The minimum Gasteiger partial charge on any atom is -0.384 e. The van der Waals surface area contributed by atoms with Gasteiger partial charge in [0, 0.05) is 67.1 Å². The Morgan fingerprint density at radius 1 is 0.972 bits per heavy atom. The molecular formula is C27H26FN7O. The molecule has 182 valence electrons. The lowest BCUT2D eigenvalue weighted by atomic mass is 9.96. The first-order valence-electron chi connectivity index (χ1n) is 11.8. The summed E-state index contributed by atoms with van der Waals surface area (Å²) in [6.45, 7) is 4.38. The van der Waals surface area contributed by atoms with Crippen LogP contribution in [-0.4, -0.2) is 56.9 Å². The fourth-order valence-electron chi connectivity index (χ4n) is 4.49. The van der Waals surface area contributed by atoms with Gasteiger partial charge in [0.15, 0.2) is 0 Å². The number of hydrogen-bond acceptors (Lipinski definition) is 7. The van der Waals surface area contributed by atoms with Crippen molar-refractivity contribution in [2.75, 3.05) is 36.8 Å². The summed E-state index contributed by atoms with van der Waals surface area (Å²) >= 11 is 0. The van der Waals surface area contributed by atoms with E-state index in [2.05, 4.69) is 24.8 Å². The highest BCUT2D eigenvalue weighted by Gasteiger charge is 2.25. The number of aromatic nitrogens is 4. The Bertz CT molecular complexity index is 1370. The highest BCUT2D eigenvalue weighted by Crippen LogP contribution is 2.33. The van der Waals surface area contributed by atoms with E-state index in [-0.39, 0.29) is 11.5 Å². The number of aryl methyl sites for hydroxylation is 1. The van der Waals surface area contributed by atoms with Crippen molar-refractivity contribution in [3.63, 3.8) is 0 Å². The molecule has 3 aromatic heterocycles. The van der Waals surface area contributed by atoms with Crippen molar-refractivity contribution in [3.05, 3.63) is 84.5 Å². The van der Waals surface area contributed by atoms with Gasteiger partial charge in [-0.2, -0.15) is 0 Å². The molecule has 36 heavy (non-hydrogen) atoms. The van der Waals surface area contributed by atoms with Crippen LogP contribution in [0.3, 0.4) is 0 Å². The molecule has 8 nitrogen and oxygen atoms in total. The van der Waals surface area contributed by atoms with E-state index < -0.39 is 5.82 Å². The fraction of sp³-hybridized carbons (Fsp3) is 0.222. The summed E-state index contributed by atoms with van der Waals surface area (Å²) in [6.07, 6.45) is 7.30. The second-order valence-corrected chi connectivity index (χ2v) is 8.55. The molecule has 9 heteroatoms. The molecule has 5 rings (SSSR count). The lowest BCUT2D eigenvalue weighted by molar-refractivity contribution is 0.0742. The largest absolute Gasteiger partial charge is 0.384 e. The molecule has 0 radical (unpaired) electrons. The molecule has 4 heterocycles. The average Bonchev–Trinajstić information content (AvgIpc) is 2.93. The number of carbonyl (C=O) groups excluding carboxylic acids is 1. The Kier molecular flexibility index (Phi) is 6.53. The maximum absolute atomic E-state index is 15.3. The Labute approximate surface area is 208 Å². The van der Waals surface area contributed by atoms with Gasteiger partial charge < -0.3 is 15.5 Å². The highest BCUT2D eigenvalue weighted by molar-refractivity contribution is 5.95. The number of anilines is 2. The standard InChI is InChI=1S/C27H26FN7O/c1-2-23-25(19-4-6-24(29)31-16-19)26(33-17-32-23)18-3-5-21(22(28)15-18)27(36)35-13-11-34(12-14-35)20-7-9-30-10-8-20/h3-10,15-17H,2,11-14H2,1H3,(H2,29,31). The molecule has 1 saturated heterocycles. The number of rotatable bonds is 5. The van der Waals surface area contributed by atoms with E-state index in [1.807, 2.05) is 25.1 Å². The minimum atomic E-state index is -0.577. The SMILES string of the molecule is CCc1ncnc(-c2ccc(C(=O)N3CCN(c4ccncc4)CC3)c(F)c2)c1-c1ccc(N)nc1. The molecule has 0 unspecified atom stereocenters. The number of hydrogen-bond donors (Lipinski definition) is 1. The van der Waals surface area contributed by atoms with Gasteiger partial charge in [0.05, 0.1) is 17.0 Å². The lowest BCUT2D eigenvalue weighted by Gasteiger charge is -2.36. The first-order valence-corrected chi connectivity index (χ1v) is 11.8. The van der Waals surface area contributed by atoms with Crippen LogP contribution in [-0.2, 0) is 6.42 Å². The van der Waals surface area contributed by atoms with E-state index in [0.717, 1.165) is 22.5 Å². The number of nitrogens with two attached hydrogens (primary N) is 1. The van der Waals surface area contributed by atoms with Gasteiger partial charge >= 0.3 is 0 Å². The summed E-state index contributed by atoms with van der Waals surface area (Å²) in [6, 6.07) is 12.1. The van der Waals surface area contributed by atoms with E-state index in [0.29, 0.717) is 49.7 Å². The summed E-state index contributed by atoms with van der Waals surface area (Å²) in [4.78, 5) is 34.1. The fourth-order valence-corrected chi connectivity index (χ4v) is 4.49. The van der Waals surface area contributed by atoms with E-state index in [4.69, 9.17) is 5.73 Å². The third-order valence-electron chi connectivity index (χ3n) is 6.40. The predicted molar refractivity (Wildman–Crippen MR) is 137 cm³/mol. The Morgan fingerprint density at radius 3 is 2.39 bits per heavy atom. The summed E-state index contributed by atoms with van der Waals surface area (Å²) in [7, 11) is 0. The van der Waals surface area contributed by atoms with Crippen LogP contribution in [0.1, 0.15) is 23.0 Å². The van der Waals surface area contributed by atoms with Gasteiger partial charge in [-0.3, -0.25) is 9.78 Å². The number of carbonyl (C=O) groups is 1. The van der Waals surface area contributed by atoms with Crippen LogP contribution in [0.2, 0.25) is 0 Å². The predicted octanol–water partition coefficient (Wildman–Crippen LogP) is 3.85. The van der Waals surface area contributed by atoms with Crippen LogP contribution in [0.25, 0.3) is 22.4 Å². The van der Waals surface area contributed by atoms with Gasteiger partial charge in [-0.05, 0) is 42.8 Å². The second kappa shape index (κ2) is 10.1. The van der Waals surface area contributed by atoms with Gasteiger partial charge in [-0.25, -0.2) is 19.3 Å². The molecular weight excluding hydrogens is 457 g/mol. The number of nitrogen functional groups attached to an aromatic ring is 1. The normalized spacial score (nSPS) is 13.6. The Hall–Kier alpha value is -4.40. The van der Waals surface area contributed by atoms with Crippen LogP contribution < -0.4 is 10.6 Å². The first-order chi connectivity index (χ1) is 17.5. The number of nitrogens with zero attached hydrogens (tertiary/aromatic N) is 6. The first kappa shape index (κ1) is 23.3. The maximum Gasteiger partial charge on any atom is 0.256 e. The molecule has 1 aliphatic rings. The minimum absolute atomic E-state index is 0.0524. The van der Waals surface area contributed by atoms with E-state index >= 15 is 4.39 Å². The molecule has 1 aliphatic heterocycles. The molecule has 0 bridgehead atoms. The van der Waals surface area contributed by atoms with Gasteiger partial charge in [0.2, 0.25) is 0 Å². The zero-order chi connectivity index (χ0) is 25.1.